The first-order valence-electron chi connectivity index (χ1n) is 6.89. The van der Waals surface area contributed by atoms with Gasteiger partial charge in [0, 0.05) is 25.1 Å². The average Bonchev–Trinajstić information content (AvgIpc) is 2.36. The number of carbonyl (C=O) groups is 1. The van der Waals surface area contributed by atoms with Crippen LogP contribution in [0, 0.1) is 6.92 Å². The van der Waals surface area contributed by atoms with Crippen LogP contribution in [-0.4, -0.2) is 43.5 Å². The van der Waals surface area contributed by atoms with Crippen LogP contribution >= 0.6 is 0 Å². The molecule has 0 aliphatic rings. The van der Waals surface area contributed by atoms with Gasteiger partial charge >= 0.3 is 0 Å². The monoisotopic (exact) mass is 263 g/mol. The fourth-order valence-electron chi connectivity index (χ4n) is 1.87. The van der Waals surface area contributed by atoms with Gasteiger partial charge in [0.2, 0.25) is 0 Å². The molecule has 0 saturated heterocycles. The van der Waals surface area contributed by atoms with Gasteiger partial charge in [-0.2, -0.15) is 0 Å². The molecule has 0 saturated carbocycles. The highest BCUT2D eigenvalue weighted by atomic mass is 16.5. The fraction of sp³-hybridized carbons (Fsp3) is 0.562. The molecule has 1 aromatic rings. The lowest BCUT2D eigenvalue weighted by Gasteiger charge is -2.17. The molecule has 0 bridgehead atoms. The van der Waals surface area contributed by atoms with E-state index in [1.165, 1.54) is 0 Å². The molecule has 0 amide bonds. The molecule has 19 heavy (non-hydrogen) atoms. The fourth-order valence-corrected chi connectivity index (χ4v) is 1.87. The maximum absolute atomic E-state index is 12.1. The summed E-state index contributed by atoms with van der Waals surface area (Å²) in [6, 6.07) is 7.76. The van der Waals surface area contributed by atoms with Crippen LogP contribution in [0.1, 0.15) is 36.2 Å². The third kappa shape index (κ3) is 5.99. The number of hydrogen-bond donors (Lipinski definition) is 0. The Morgan fingerprint density at radius 1 is 1.26 bits per heavy atom. The maximum Gasteiger partial charge on any atom is 0.164 e. The van der Waals surface area contributed by atoms with Crippen LogP contribution < -0.4 is 0 Å². The molecule has 0 aliphatic heterocycles. The molecule has 106 valence electrons. The van der Waals surface area contributed by atoms with E-state index in [-0.39, 0.29) is 11.9 Å². The van der Waals surface area contributed by atoms with Gasteiger partial charge in [-0.25, -0.2) is 0 Å². The van der Waals surface area contributed by atoms with Crippen LogP contribution in [-0.2, 0) is 4.74 Å². The Hall–Kier alpha value is -1.19. The molecule has 0 atom stereocenters. The Bertz CT molecular complexity index is 401. The lowest BCUT2D eigenvalue weighted by Crippen LogP contribution is -2.26. The van der Waals surface area contributed by atoms with Crippen molar-refractivity contribution in [3.8, 4) is 0 Å². The normalized spacial score (nSPS) is 11.3. The minimum absolute atomic E-state index is 0.217. The molecule has 3 nitrogen and oxygen atoms in total. The number of aryl methyl sites for hydroxylation is 1. The summed E-state index contributed by atoms with van der Waals surface area (Å²) in [6.45, 7) is 8.39. The maximum atomic E-state index is 12.1. The summed E-state index contributed by atoms with van der Waals surface area (Å²) in [5.41, 5.74) is 1.90. The highest BCUT2D eigenvalue weighted by Crippen LogP contribution is 2.10. The lowest BCUT2D eigenvalue weighted by molar-refractivity contribution is 0.0629. The van der Waals surface area contributed by atoms with E-state index in [1.807, 2.05) is 52.1 Å². The van der Waals surface area contributed by atoms with E-state index in [4.69, 9.17) is 4.74 Å². The largest absolute Gasteiger partial charge is 0.377 e. The number of ether oxygens (including phenoxy) is 1. The van der Waals surface area contributed by atoms with E-state index < -0.39 is 0 Å². The zero-order valence-corrected chi connectivity index (χ0v) is 12.5. The van der Waals surface area contributed by atoms with Gasteiger partial charge in [0.05, 0.1) is 12.7 Å². The Labute approximate surface area is 116 Å². The van der Waals surface area contributed by atoms with E-state index in [1.54, 1.807) is 0 Å². The molecule has 0 radical (unpaired) electrons. The third-order valence-corrected chi connectivity index (χ3v) is 3.09. The summed E-state index contributed by atoms with van der Waals surface area (Å²) in [7, 11) is 2.02. The van der Waals surface area contributed by atoms with Crippen LogP contribution in [0.25, 0.3) is 0 Å². The van der Waals surface area contributed by atoms with Crippen LogP contribution in [0.5, 0.6) is 0 Å². The predicted octanol–water partition coefficient (Wildman–Crippen LogP) is 2.92. The van der Waals surface area contributed by atoms with E-state index in [0.717, 1.165) is 24.2 Å². The minimum Gasteiger partial charge on any atom is -0.377 e. The van der Waals surface area contributed by atoms with E-state index in [0.29, 0.717) is 13.0 Å². The molecule has 0 fully saturated rings. The number of Topliss-reactive ketones (excluding diaryl/α,β-unsaturated/α-hetero) is 1. The number of benzene rings is 1. The molecule has 0 N–H and O–H groups in total. The molecule has 0 aliphatic carbocycles. The van der Waals surface area contributed by atoms with Gasteiger partial charge in [0.15, 0.2) is 5.78 Å². The number of carbonyl (C=O) groups excluding carboxylic acids is 1. The Balaban J connectivity index is 2.32. The van der Waals surface area contributed by atoms with E-state index in [9.17, 15) is 4.79 Å². The second-order valence-electron chi connectivity index (χ2n) is 5.21. The number of hydrogen-bond acceptors (Lipinski definition) is 3. The molecule has 0 spiro atoms. The Morgan fingerprint density at radius 2 is 1.95 bits per heavy atom. The van der Waals surface area contributed by atoms with Crippen molar-refractivity contribution in [2.75, 3.05) is 26.7 Å². The highest BCUT2D eigenvalue weighted by Gasteiger charge is 2.09. The second kappa shape index (κ2) is 8.08. The van der Waals surface area contributed by atoms with Crippen molar-refractivity contribution < 1.29 is 9.53 Å². The van der Waals surface area contributed by atoms with Gasteiger partial charge in [-0.15, -0.1) is 0 Å². The average molecular weight is 263 g/mol. The van der Waals surface area contributed by atoms with Crippen molar-refractivity contribution in [1.29, 1.82) is 0 Å². The summed E-state index contributed by atoms with van der Waals surface area (Å²) in [6.07, 6.45) is 0.824. The van der Waals surface area contributed by atoms with Crippen LogP contribution in [0.4, 0.5) is 0 Å². The van der Waals surface area contributed by atoms with Crippen LogP contribution in [0.2, 0.25) is 0 Å². The molecular weight excluding hydrogens is 238 g/mol. The molecular formula is C16H25NO2. The molecule has 0 aromatic heterocycles. The zero-order valence-electron chi connectivity index (χ0n) is 12.5. The summed E-state index contributed by atoms with van der Waals surface area (Å²) >= 11 is 0. The first-order chi connectivity index (χ1) is 9.00. The SMILES string of the molecule is Cc1ccccc1C(=O)CCN(C)CCOC(C)C. The predicted molar refractivity (Wildman–Crippen MR) is 78.7 cm³/mol. The van der Waals surface area contributed by atoms with E-state index in [2.05, 4.69) is 4.90 Å². The van der Waals surface area contributed by atoms with Crippen LogP contribution in [0.3, 0.4) is 0 Å². The topological polar surface area (TPSA) is 29.5 Å². The van der Waals surface area contributed by atoms with Crippen molar-refractivity contribution in [2.45, 2.75) is 33.3 Å². The molecule has 0 unspecified atom stereocenters. The number of ketones is 1. The lowest BCUT2D eigenvalue weighted by atomic mass is 10.0. The van der Waals surface area contributed by atoms with Crippen LogP contribution in [0.15, 0.2) is 24.3 Å². The van der Waals surface area contributed by atoms with Crippen molar-refractivity contribution in [3.05, 3.63) is 35.4 Å². The Kier molecular flexibility index (Phi) is 6.74. The van der Waals surface area contributed by atoms with Crippen molar-refractivity contribution in [1.82, 2.24) is 4.90 Å². The smallest absolute Gasteiger partial charge is 0.164 e. The third-order valence-electron chi connectivity index (χ3n) is 3.09. The summed E-state index contributed by atoms with van der Waals surface area (Å²) in [5.74, 6) is 0.217. The molecule has 3 heteroatoms. The van der Waals surface area contributed by atoms with Gasteiger partial charge in [0.25, 0.3) is 0 Å². The minimum atomic E-state index is 0.217. The van der Waals surface area contributed by atoms with E-state index >= 15 is 0 Å². The van der Waals surface area contributed by atoms with Crippen molar-refractivity contribution in [2.24, 2.45) is 0 Å². The molecule has 1 aromatic carbocycles. The highest BCUT2D eigenvalue weighted by molar-refractivity contribution is 5.97. The van der Waals surface area contributed by atoms with Crippen molar-refractivity contribution >= 4 is 5.78 Å². The standard InChI is InChI=1S/C16H25NO2/c1-13(2)19-12-11-17(4)10-9-16(18)15-8-6-5-7-14(15)3/h5-8,13H,9-12H2,1-4H3. The number of rotatable bonds is 8. The summed E-state index contributed by atoms with van der Waals surface area (Å²) < 4.78 is 5.50. The van der Waals surface area contributed by atoms with Gasteiger partial charge in [0.1, 0.15) is 0 Å². The molecule has 0 heterocycles. The number of likely N-dealkylation sites (N-methyl/N-ethyl adjacent to an activating group) is 1. The quantitative estimate of drug-likeness (QED) is 0.675. The Morgan fingerprint density at radius 3 is 2.58 bits per heavy atom. The van der Waals surface area contributed by atoms with Crippen molar-refractivity contribution in [3.63, 3.8) is 0 Å². The first kappa shape index (κ1) is 15.9. The van der Waals surface area contributed by atoms with Gasteiger partial charge in [-0.05, 0) is 33.4 Å². The van der Waals surface area contributed by atoms with Gasteiger partial charge in [-0.3, -0.25) is 4.79 Å². The first-order valence-corrected chi connectivity index (χ1v) is 6.89. The summed E-state index contributed by atoms with van der Waals surface area (Å²) in [4.78, 5) is 14.2. The zero-order chi connectivity index (χ0) is 14.3. The van der Waals surface area contributed by atoms with Gasteiger partial charge < -0.3 is 9.64 Å². The number of nitrogens with zero attached hydrogens (tertiary/aromatic N) is 1. The molecule has 1 rings (SSSR count). The second-order valence-corrected chi connectivity index (χ2v) is 5.21. The van der Waals surface area contributed by atoms with Gasteiger partial charge in [-0.1, -0.05) is 24.3 Å². The summed E-state index contributed by atoms with van der Waals surface area (Å²) in [5, 5.41) is 0.